The van der Waals surface area contributed by atoms with Crippen molar-refractivity contribution >= 4 is 33.0 Å². The smallest absolute Gasteiger partial charge is 0.154 e. The molecule has 0 spiro atoms. The van der Waals surface area contributed by atoms with Gasteiger partial charge in [0.25, 0.3) is 0 Å². The summed E-state index contributed by atoms with van der Waals surface area (Å²) in [6.45, 7) is 0. The predicted molar refractivity (Wildman–Crippen MR) is 60.4 cm³/mol. The van der Waals surface area contributed by atoms with Crippen LogP contribution in [0.3, 0.4) is 0 Å². The van der Waals surface area contributed by atoms with Crippen LogP contribution < -0.4 is 0 Å². The molecule has 15 heavy (non-hydrogen) atoms. The van der Waals surface area contributed by atoms with Gasteiger partial charge in [-0.2, -0.15) is 0 Å². The number of hydrogen-bond donors (Lipinski definition) is 2. The topological polar surface area (TPSA) is 57.5 Å². The maximum absolute atomic E-state index is 10.8. The molecule has 2 aromatic carbocycles. The monoisotopic (exact) mass is 266 g/mol. The zero-order chi connectivity index (χ0) is 11.0. The Kier molecular flexibility index (Phi) is 2.36. The first-order valence-corrected chi connectivity index (χ1v) is 5.02. The van der Waals surface area contributed by atoms with Crippen LogP contribution >= 0.6 is 15.9 Å². The third-order valence-electron chi connectivity index (χ3n) is 2.24. The van der Waals surface area contributed by atoms with Gasteiger partial charge < -0.3 is 10.2 Å². The number of carbonyl (C=O) groups excluding carboxylic acids is 1. The first-order valence-electron chi connectivity index (χ1n) is 4.23. The molecular weight excluding hydrogens is 260 g/mol. The van der Waals surface area contributed by atoms with E-state index in [-0.39, 0.29) is 17.1 Å². The summed E-state index contributed by atoms with van der Waals surface area (Å²) in [5, 5.41) is 20.3. The molecule has 0 aliphatic carbocycles. The molecule has 0 bridgehead atoms. The summed E-state index contributed by atoms with van der Waals surface area (Å²) in [5.74, 6) is -0.0556. The van der Waals surface area contributed by atoms with Gasteiger partial charge in [0, 0.05) is 5.39 Å². The molecule has 0 aromatic heterocycles. The van der Waals surface area contributed by atoms with Crippen molar-refractivity contribution in [1.29, 1.82) is 0 Å². The molecule has 4 heteroatoms. The van der Waals surface area contributed by atoms with E-state index < -0.39 is 0 Å². The summed E-state index contributed by atoms with van der Waals surface area (Å²) in [6.07, 6.45) is 0.571. The second kappa shape index (κ2) is 3.55. The van der Waals surface area contributed by atoms with E-state index in [2.05, 4.69) is 15.9 Å². The standard InChI is InChI=1S/C11H7BrO3/c12-11-9(15)4-2-6-1-3-8(14)7(5-13)10(6)11/h1-5,14-15H. The molecule has 0 radical (unpaired) electrons. The molecule has 0 aliphatic heterocycles. The highest BCUT2D eigenvalue weighted by molar-refractivity contribution is 9.10. The van der Waals surface area contributed by atoms with Crippen LogP contribution in [0.5, 0.6) is 11.5 Å². The van der Waals surface area contributed by atoms with Gasteiger partial charge in [-0.15, -0.1) is 0 Å². The van der Waals surface area contributed by atoms with Crippen LogP contribution in [0, 0.1) is 0 Å². The molecule has 0 amide bonds. The molecule has 3 nitrogen and oxygen atoms in total. The van der Waals surface area contributed by atoms with Crippen LogP contribution in [0.2, 0.25) is 0 Å². The summed E-state index contributed by atoms with van der Waals surface area (Å²) in [4.78, 5) is 10.8. The number of halogens is 1. The van der Waals surface area contributed by atoms with Crippen LogP contribution in [-0.4, -0.2) is 16.5 Å². The molecule has 0 saturated heterocycles. The van der Waals surface area contributed by atoms with Crippen LogP contribution in [0.4, 0.5) is 0 Å². The third kappa shape index (κ3) is 1.47. The van der Waals surface area contributed by atoms with Gasteiger partial charge in [-0.05, 0) is 33.4 Å². The van der Waals surface area contributed by atoms with Crippen molar-refractivity contribution in [3.05, 3.63) is 34.3 Å². The summed E-state index contributed by atoms with van der Waals surface area (Å²) in [6, 6.07) is 6.34. The van der Waals surface area contributed by atoms with Crippen molar-refractivity contribution in [3.8, 4) is 11.5 Å². The minimum absolute atomic E-state index is 0.0381. The van der Waals surface area contributed by atoms with Crippen molar-refractivity contribution in [2.24, 2.45) is 0 Å². The van der Waals surface area contributed by atoms with Gasteiger partial charge in [0.2, 0.25) is 0 Å². The van der Waals surface area contributed by atoms with Gasteiger partial charge in [-0.25, -0.2) is 0 Å². The van der Waals surface area contributed by atoms with Crippen molar-refractivity contribution in [2.75, 3.05) is 0 Å². The zero-order valence-corrected chi connectivity index (χ0v) is 9.15. The van der Waals surface area contributed by atoms with E-state index in [4.69, 9.17) is 0 Å². The van der Waals surface area contributed by atoms with Gasteiger partial charge in [0.05, 0.1) is 10.0 Å². The van der Waals surface area contributed by atoms with Crippen molar-refractivity contribution < 1.29 is 15.0 Å². The molecule has 0 atom stereocenters. The number of hydrogen-bond acceptors (Lipinski definition) is 3. The lowest BCUT2D eigenvalue weighted by Gasteiger charge is -2.06. The number of rotatable bonds is 1. The second-order valence-electron chi connectivity index (χ2n) is 3.11. The van der Waals surface area contributed by atoms with E-state index in [0.717, 1.165) is 5.39 Å². The average Bonchev–Trinajstić information content (AvgIpc) is 2.24. The number of benzene rings is 2. The third-order valence-corrected chi connectivity index (χ3v) is 3.04. The molecule has 0 aliphatic rings. The molecule has 76 valence electrons. The number of carbonyl (C=O) groups is 1. The molecule has 0 heterocycles. The Morgan fingerprint density at radius 1 is 1.07 bits per heavy atom. The van der Waals surface area contributed by atoms with Gasteiger partial charge >= 0.3 is 0 Å². The number of fused-ring (bicyclic) bond motifs is 1. The summed E-state index contributed by atoms with van der Waals surface area (Å²) in [5.41, 5.74) is 0.176. The molecule has 0 unspecified atom stereocenters. The molecule has 2 rings (SSSR count). The lowest BCUT2D eigenvalue weighted by Crippen LogP contribution is -1.86. The van der Waals surface area contributed by atoms with Gasteiger partial charge in [-0.1, -0.05) is 12.1 Å². The average molecular weight is 267 g/mol. The highest BCUT2D eigenvalue weighted by Gasteiger charge is 2.11. The molecule has 2 N–H and O–H groups in total. The first-order chi connectivity index (χ1) is 7.15. The maximum Gasteiger partial charge on any atom is 0.154 e. The van der Waals surface area contributed by atoms with E-state index in [1.165, 1.54) is 12.1 Å². The molecule has 0 saturated carbocycles. The Bertz CT molecular complexity index is 544. The largest absolute Gasteiger partial charge is 0.507 e. The lowest BCUT2D eigenvalue weighted by atomic mass is 10.0. The Morgan fingerprint density at radius 3 is 2.27 bits per heavy atom. The molecule has 0 fully saturated rings. The van der Waals surface area contributed by atoms with E-state index in [1.54, 1.807) is 12.1 Å². The van der Waals surface area contributed by atoms with Crippen LogP contribution in [0.1, 0.15) is 10.4 Å². The number of aromatic hydroxyl groups is 2. The first kappa shape index (κ1) is 9.98. The fourth-order valence-electron chi connectivity index (χ4n) is 1.50. The quantitative estimate of drug-likeness (QED) is 0.781. The Morgan fingerprint density at radius 2 is 1.67 bits per heavy atom. The minimum atomic E-state index is -0.0937. The Balaban J connectivity index is 3.00. The molecular formula is C11H7BrO3. The maximum atomic E-state index is 10.8. The van der Waals surface area contributed by atoms with Crippen molar-refractivity contribution in [1.82, 2.24) is 0 Å². The van der Waals surface area contributed by atoms with Crippen LogP contribution in [-0.2, 0) is 0 Å². The van der Waals surface area contributed by atoms with Gasteiger partial charge in [0.15, 0.2) is 6.29 Å². The SMILES string of the molecule is O=Cc1c(O)ccc2ccc(O)c(Br)c12. The second-order valence-corrected chi connectivity index (χ2v) is 3.91. The van der Waals surface area contributed by atoms with Crippen LogP contribution in [0.15, 0.2) is 28.7 Å². The van der Waals surface area contributed by atoms with E-state index in [1.807, 2.05) is 0 Å². The Hall–Kier alpha value is -1.55. The summed E-state index contributed by atoms with van der Waals surface area (Å²) >= 11 is 3.19. The lowest BCUT2D eigenvalue weighted by molar-refractivity contribution is 0.112. The van der Waals surface area contributed by atoms with Crippen molar-refractivity contribution in [2.45, 2.75) is 0 Å². The minimum Gasteiger partial charge on any atom is -0.507 e. The van der Waals surface area contributed by atoms with Gasteiger partial charge in [-0.3, -0.25) is 4.79 Å². The summed E-state index contributed by atoms with van der Waals surface area (Å²) in [7, 11) is 0. The van der Waals surface area contributed by atoms with Crippen LogP contribution in [0.25, 0.3) is 10.8 Å². The summed E-state index contributed by atoms with van der Waals surface area (Å²) < 4.78 is 0.415. The van der Waals surface area contributed by atoms with Crippen molar-refractivity contribution in [3.63, 3.8) is 0 Å². The number of aldehydes is 1. The highest BCUT2D eigenvalue weighted by Crippen LogP contribution is 2.36. The highest BCUT2D eigenvalue weighted by atomic mass is 79.9. The number of phenolic OH excluding ortho intramolecular Hbond substituents is 2. The predicted octanol–water partition coefficient (Wildman–Crippen LogP) is 2.83. The fourth-order valence-corrected chi connectivity index (χ4v) is 2.07. The van der Waals surface area contributed by atoms with E-state index in [9.17, 15) is 15.0 Å². The van der Waals surface area contributed by atoms with E-state index in [0.29, 0.717) is 16.1 Å². The zero-order valence-electron chi connectivity index (χ0n) is 7.57. The normalized spacial score (nSPS) is 10.5. The number of phenols is 2. The fraction of sp³-hybridized carbons (Fsp3) is 0. The Labute approximate surface area is 94.1 Å². The van der Waals surface area contributed by atoms with Gasteiger partial charge in [0.1, 0.15) is 11.5 Å². The molecule has 2 aromatic rings. The van der Waals surface area contributed by atoms with E-state index >= 15 is 0 Å².